The number of phenols is 1. The van der Waals surface area contributed by atoms with Gasteiger partial charge in [-0.15, -0.1) is 0 Å². The molecule has 1 aromatic carbocycles. The van der Waals surface area contributed by atoms with E-state index in [1.807, 2.05) is 26.0 Å². The van der Waals surface area contributed by atoms with Crippen LogP contribution in [0.4, 0.5) is 0 Å². The largest absolute Gasteiger partial charge is 0.508 e. The molecule has 0 aromatic heterocycles. The smallest absolute Gasteiger partial charge is 0.334 e. The average Bonchev–Trinajstić information content (AvgIpc) is 2.81. The van der Waals surface area contributed by atoms with Crippen LogP contribution in [0, 0.1) is 0 Å². The van der Waals surface area contributed by atoms with Crippen LogP contribution in [0.15, 0.2) is 18.2 Å². The van der Waals surface area contributed by atoms with Crippen molar-refractivity contribution in [3.8, 4) is 5.75 Å². The molecule has 0 saturated heterocycles. The Morgan fingerprint density at radius 1 is 0.619 bits per heavy atom. The van der Waals surface area contributed by atoms with E-state index < -0.39 is 50.9 Å². The van der Waals surface area contributed by atoms with E-state index in [-0.39, 0.29) is 12.4 Å². The van der Waals surface area contributed by atoms with Gasteiger partial charge in [0.05, 0.1) is 6.61 Å². The maximum atomic E-state index is 10.0. The summed E-state index contributed by atoms with van der Waals surface area (Å²) in [6.45, 7) is 29.4. The second-order valence-corrected chi connectivity index (χ2v) is 37.4. The monoisotopic (exact) mass is 694 g/mol. The highest BCUT2D eigenvalue weighted by atomic mass is 28.5. The Hall–Kier alpha value is 0.0413. The van der Waals surface area contributed by atoms with E-state index in [4.69, 9.17) is 25.3 Å². The van der Waals surface area contributed by atoms with Gasteiger partial charge in [0.25, 0.3) is 0 Å². The van der Waals surface area contributed by atoms with Crippen LogP contribution >= 0.6 is 0 Å². The topological polar surface area (TPSA) is 95.8 Å². The van der Waals surface area contributed by atoms with Gasteiger partial charge in [-0.25, -0.2) is 0 Å². The summed E-state index contributed by atoms with van der Waals surface area (Å²) >= 11 is 0. The second kappa shape index (κ2) is 16.6. The summed E-state index contributed by atoms with van der Waals surface area (Å²) in [6.07, 6.45) is 1.66. The molecule has 3 atom stereocenters. The van der Waals surface area contributed by atoms with Crippen LogP contribution in [0.2, 0.25) is 89.6 Å². The van der Waals surface area contributed by atoms with Crippen molar-refractivity contribution >= 4 is 50.9 Å². The first-order valence-corrected chi connectivity index (χ1v) is 32.6. The van der Waals surface area contributed by atoms with Gasteiger partial charge in [-0.2, -0.15) is 0 Å². The molecule has 1 aromatic rings. The molecule has 8 nitrogen and oxygen atoms in total. The Morgan fingerprint density at radius 3 is 1.57 bits per heavy atom. The number of aromatic hydroxyl groups is 1. The van der Waals surface area contributed by atoms with Crippen molar-refractivity contribution in [1.29, 1.82) is 0 Å². The van der Waals surface area contributed by atoms with Crippen LogP contribution in [0.3, 0.4) is 0 Å². The third-order valence-electron chi connectivity index (χ3n) is 6.89. The summed E-state index contributed by atoms with van der Waals surface area (Å²) in [5, 5.41) is 19.6. The predicted octanol–water partition coefficient (Wildman–Crippen LogP) is 7.93. The summed E-state index contributed by atoms with van der Waals surface area (Å²) in [5.41, 5.74) is 1.63. The molecule has 0 fully saturated rings. The lowest BCUT2D eigenvalue weighted by atomic mass is 10.1. The third-order valence-corrected chi connectivity index (χ3v) is 29.3. The van der Waals surface area contributed by atoms with Gasteiger partial charge in [0, 0.05) is 18.8 Å². The SMILES string of the molecule is CCO[Si](C)(CC[Si](C)(O[Si](C)(C)C)O[Si](C)(CCCc1ccc(O)c(CO)c1)O[Si](C)(CC)O[Si](C)(C)C)OCC. The number of hydrogen-bond acceptors (Lipinski definition) is 8. The van der Waals surface area contributed by atoms with Crippen molar-refractivity contribution in [2.75, 3.05) is 13.2 Å². The van der Waals surface area contributed by atoms with E-state index in [1.54, 1.807) is 6.07 Å². The van der Waals surface area contributed by atoms with Gasteiger partial charge in [-0.05, 0) is 134 Å². The van der Waals surface area contributed by atoms with Crippen molar-refractivity contribution in [3.63, 3.8) is 0 Å². The molecule has 3 unspecified atom stereocenters. The number of aryl methyl sites for hydroxylation is 1. The first-order valence-electron chi connectivity index (χ1n) is 15.6. The normalized spacial score (nSPS) is 17.5. The van der Waals surface area contributed by atoms with E-state index in [0.29, 0.717) is 18.8 Å². The molecule has 2 N–H and O–H groups in total. The lowest BCUT2D eigenvalue weighted by molar-refractivity contribution is 0.189. The quantitative estimate of drug-likeness (QED) is 0.125. The van der Waals surface area contributed by atoms with Gasteiger partial charge in [-0.3, -0.25) is 0 Å². The molecule has 14 heteroatoms. The first kappa shape index (κ1) is 40.1. The molecule has 0 spiro atoms. The number of benzene rings is 1. The van der Waals surface area contributed by atoms with Gasteiger partial charge >= 0.3 is 34.2 Å². The summed E-state index contributed by atoms with van der Waals surface area (Å²) < 4.78 is 40.7. The van der Waals surface area contributed by atoms with Crippen LogP contribution in [0.1, 0.15) is 38.3 Å². The van der Waals surface area contributed by atoms with Gasteiger partial charge in [0.15, 0.2) is 16.6 Å². The highest BCUT2D eigenvalue weighted by Crippen LogP contribution is 2.35. The molecule has 0 saturated carbocycles. The number of hydrogen-bond donors (Lipinski definition) is 2. The molecule has 246 valence electrons. The first-order chi connectivity index (χ1) is 19.1. The molecule has 1 rings (SSSR count). The van der Waals surface area contributed by atoms with Gasteiger partial charge in [-0.1, -0.05) is 13.0 Å². The Morgan fingerprint density at radius 2 is 1.10 bits per heavy atom. The lowest BCUT2D eigenvalue weighted by Gasteiger charge is -2.45. The Bertz CT molecular complexity index is 953. The molecular formula is C28H62O8Si6. The molecule has 0 bridgehead atoms. The zero-order valence-electron chi connectivity index (χ0n) is 28.9. The van der Waals surface area contributed by atoms with Crippen molar-refractivity contribution in [2.45, 2.75) is 130 Å². The summed E-state index contributed by atoms with van der Waals surface area (Å²) in [5.74, 6) is 0.125. The van der Waals surface area contributed by atoms with E-state index >= 15 is 0 Å². The van der Waals surface area contributed by atoms with Crippen LogP contribution in [-0.2, 0) is 38.3 Å². The molecule has 0 aliphatic rings. The fraction of sp³-hybridized carbons (Fsp3) is 0.786. The molecule has 0 aliphatic heterocycles. The number of aliphatic hydroxyl groups excluding tert-OH is 1. The maximum Gasteiger partial charge on any atom is 0.334 e. The minimum absolute atomic E-state index is 0.125. The standard InChI is InChI=1S/C28H62O8Si6/c1-14-31-40(11,32-15-2)22-23-42(13,34-38(7,8)9)36-41(12,35-39(10,16-3)33-37(4,5)6)21-17-18-26-19-20-28(30)27(24-26)25-29/h19-20,24,29-30H,14-18,21-23,25H2,1-13H3. The highest BCUT2D eigenvalue weighted by molar-refractivity contribution is 6.91. The Labute approximate surface area is 263 Å². The average molecular weight is 695 g/mol. The second-order valence-electron chi connectivity index (χ2n) is 13.9. The van der Waals surface area contributed by atoms with E-state index in [9.17, 15) is 10.2 Å². The van der Waals surface area contributed by atoms with Gasteiger partial charge in [0.2, 0.25) is 0 Å². The molecule has 0 radical (unpaired) electrons. The zero-order valence-corrected chi connectivity index (χ0v) is 34.9. The van der Waals surface area contributed by atoms with Crippen LogP contribution in [0.5, 0.6) is 5.75 Å². The molecule has 0 heterocycles. The minimum Gasteiger partial charge on any atom is -0.508 e. The molecule has 0 aliphatic carbocycles. The predicted molar refractivity (Wildman–Crippen MR) is 188 cm³/mol. The Balaban J connectivity index is 3.40. The summed E-state index contributed by atoms with van der Waals surface area (Å²) in [6, 6.07) is 8.73. The summed E-state index contributed by atoms with van der Waals surface area (Å²) in [4.78, 5) is 0. The van der Waals surface area contributed by atoms with Gasteiger partial charge in [0.1, 0.15) is 5.75 Å². The van der Waals surface area contributed by atoms with E-state index in [0.717, 1.165) is 42.6 Å². The number of rotatable bonds is 21. The maximum absolute atomic E-state index is 10.0. The fourth-order valence-electron chi connectivity index (χ4n) is 5.41. The third kappa shape index (κ3) is 14.9. The van der Waals surface area contributed by atoms with Crippen LogP contribution in [0.25, 0.3) is 0 Å². The molecular weight excluding hydrogens is 633 g/mol. The summed E-state index contributed by atoms with van der Waals surface area (Å²) in [7, 11) is -14.2. The van der Waals surface area contributed by atoms with Crippen molar-refractivity contribution in [2.24, 2.45) is 0 Å². The van der Waals surface area contributed by atoms with E-state index in [2.05, 4.69) is 72.4 Å². The molecule has 42 heavy (non-hydrogen) atoms. The zero-order chi connectivity index (χ0) is 32.5. The van der Waals surface area contributed by atoms with Crippen molar-refractivity contribution in [1.82, 2.24) is 0 Å². The van der Waals surface area contributed by atoms with Crippen LogP contribution < -0.4 is 0 Å². The van der Waals surface area contributed by atoms with Crippen LogP contribution in [-0.4, -0.2) is 74.3 Å². The van der Waals surface area contributed by atoms with Crippen molar-refractivity contribution in [3.05, 3.63) is 29.3 Å². The number of aliphatic hydroxyl groups is 1. The fourth-order valence-corrected chi connectivity index (χ4v) is 33.5. The molecule has 0 amide bonds. The Kier molecular flexibility index (Phi) is 15.8. The van der Waals surface area contributed by atoms with E-state index in [1.165, 1.54) is 0 Å². The van der Waals surface area contributed by atoms with Crippen molar-refractivity contribution < 1.29 is 35.5 Å². The highest BCUT2D eigenvalue weighted by Gasteiger charge is 2.50. The van der Waals surface area contributed by atoms with Gasteiger partial charge < -0.3 is 35.5 Å². The lowest BCUT2D eigenvalue weighted by Crippen LogP contribution is -2.61. The minimum atomic E-state index is -2.81.